The van der Waals surface area contributed by atoms with Gasteiger partial charge in [0.25, 0.3) is 0 Å². The summed E-state index contributed by atoms with van der Waals surface area (Å²) < 4.78 is 16.0. The number of hydrogen-bond acceptors (Lipinski definition) is 6. The van der Waals surface area contributed by atoms with Crippen LogP contribution in [0.15, 0.2) is 35.5 Å². The minimum absolute atomic E-state index is 0.0176. The van der Waals surface area contributed by atoms with Gasteiger partial charge in [0.05, 0.1) is 0 Å². The van der Waals surface area contributed by atoms with E-state index in [0.717, 1.165) is 55.8 Å². The Labute approximate surface area is 664 Å². The van der Waals surface area contributed by atoms with Gasteiger partial charge >= 0.3 is 17.9 Å². The fraction of sp³-hybridized carbons (Fsp3) is 0.910. The lowest BCUT2D eigenvalue weighted by molar-refractivity contribution is -0.158. The van der Waals surface area contributed by atoms with E-state index in [1.54, 1.807) is 0 Å². The van der Waals surface area contributed by atoms with Gasteiger partial charge in [0, 0.05) is 0 Å². The SMILES string of the molecule is CCCCCCCCCCCCCCC=C1OC(=O)C1CCCCCCCCCCCCCC.CCCCCCCCCCCCCCC=C1OC(=O)C1CCCCCCCCCCCCCCCC.CCCCCCCCCCCCCCCCC=C1OC(=O)C1CCCCCCCCCCCCCC. The first kappa shape index (κ1) is 102. The van der Waals surface area contributed by atoms with E-state index < -0.39 is 0 Å². The van der Waals surface area contributed by atoms with Crippen molar-refractivity contribution in [2.45, 2.75) is 568 Å². The van der Waals surface area contributed by atoms with Gasteiger partial charge in [-0.3, -0.25) is 14.4 Å². The van der Waals surface area contributed by atoms with Crippen LogP contribution in [0.4, 0.5) is 0 Å². The molecule has 6 heteroatoms. The van der Waals surface area contributed by atoms with Gasteiger partial charge < -0.3 is 14.2 Å². The van der Waals surface area contributed by atoms with E-state index >= 15 is 0 Å². The van der Waals surface area contributed by atoms with Crippen LogP contribution in [-0.2, 0) is 28.6 Å². The van der Waals surface area contributed by atoms with Crippen LogP contribution in [0.1, 0.15) is 568 Å². The third-order valence-electron chi connectivity index (χ3n) is 23.8. The third kappa shape index (κ3) is 66.3. The topological polar surface area (TPSA) is 78.9 Å². The highest BCUT2D eigenvalue weighted by Crippen LogP contribution is 2.35. The van der Waals surface area contributed by atoms with Crippen molar-refractivity contribution in [2.75, 3.05) is 0 Å². The second-order valence-corrected chi connectivity index (χ2v) is 34.2. The lowest BCUT2D eigenvalue weighted by Gasteiger charge is -2.28. The molecule has 3 rings (SSSR count). The Morgan fingerprint density at radius 1 is 0.170 bits per heavy atom. The number of carbonyl (C=O) groups excluding carboxylic acids is 3. The molecule has 0 aromatic heterocycles. The zero-order valence-electron chi connectivity index (χ0n) is 72.9. The first-order valence-corrected chi connectivity index (χ1v) is 49.1. The van der Waals surface area contributed by atoms with Gasteiger partial charge in [-0.1, -0.05) is 510 Å². The van der Waals surface area contributed by atoms with E-state index in [1.165, 1.54) is 488 Å². The number of esters is 3. The summed E-state index contributed by atoms with van der Waals surface area (Å²) in [6.07, 6.45) is 118. The number of carbonyl (C=O) groups is 3. The molecular formula is C100H188O6. The molecule has 624 valence electrons. The number of rotatable bonds is 82. The first-order chi connectivity index (χ1) is 52.4. The molecule has 3 unspecified atom stereocenters. The predicted octanol–water partition coefficient (Wildman–Crippen LogP) is 35.2. The fourth-order valence-corrected chi connectivity index (χ4v) is 16.2. The monoisotopic (exact) mass is 1490 g/mol. The molecule has 3 aliphatic heterocycles. The van der Waals surface area contributed by atoms with Crippen LogP contribution >= 0.6 is 0 Å². The molecule has 3 heterocycles. The van der Waals surface area contributed by atoms with Crippen LogP contribution in [0, 0.1) is 17.8 Å². The molecule has 0 aliphatic carbocycles. The molecule has 106 heavy (non-hydrogen) atoms. The predicted molar refractivity (Wildman–Crippen MR) is 466 cm³/mol. The lowest BCUT2D eigenvalue weighted by Crippen LogP contribution is -2.32. The zero-order valence-corrected chi connectivity index (χ0v) is 72.9. The molecule has 0 aromatic rings. The van der Waals surface area contributed by atoms with Crippen LogP contribution in [0.2, 0.25) is 0 Å². The summed E-state index contributed by atoms with van der Waals surface area (Å²) in [5.41, 5.74) is 0. The van der Waals surface area contributed by atoms with Crippen LogP contribution < -0.4 is 0 Å². The number of allylic oxidation sites excluding steroid dienone is 3. The van der Waals surface area contributed by atoms with Crippen LogP contribution in [0.5, 0.6) is 0 Å². The summed E-state index contributed by atoms with van der Waals surface area (Å²) in [5.74, 6) is 3.26. The average molecular weight is 1490 g/mol. The fourth-order valence-electron chi connectivity index (χ4n) is 16.2. The second-order valence-electron chi connectivity index (χ2n) is 34.2. The highest BCUT2D eigenvalue weighted by Gasteiger charge is 2.38. The molecule has 0 N–H and O–H groups in total. The standard InChI is InChI=1S/2C34H64O2.C32H60O2/c1-3-5-7-9-11-13-15-17-18-19-21-23-25-27-29-31-33-32(34(35)36-33)30-28-26-24-22-20-16-14-12-10-8-6-4-2;1-3-5-7-9-11-13-15-17-19-20-22-24-26-28-30-32-33(36-34(32)35)31-29-27-25-23-21-18-16-14-12-10-8-6-4-2;1-3-5-7-9-11-13-15-17-19-21-23-25-27-29-31-30(32(33)34-31)28-26-24-22-20-18-16-14-12-10-8-6-4-2/h2*31-32H,3-30H2,1-2H3;29-30H,3-28H2,1-2H3. The maximum Gasteiger partial charge on any atom is 0.321 e. The largest absolute Gasteiger partial charge is 0.430 e. The van der Waals surface area contributed by atoms with Gasteiger partial charge in [0.15, 0.2) is 0 Å². The molecule has 3 atom stereocenters. The van der Waals surface area contributed by atoms with E-state index in [1.807, 2.05) is 0 Å². The lowest BCUT2D eigenvalue weighted by atomic mass is 9.93. The number of hydrogen-bond donors (Lipinski definition) is 0. The molecule has 3 saturated heterocycles. The minimum Gasteiger partial charge on any atom is -0.430 e. The average Bonchev–Trinajstić information content (AvgIpc) is 0.838. The van der Waals surface area contributed by atoms with Gasteiger partial charge in [-0.05, 0) is 76.0 Å². The van der Waals surface area contributed by atoms with Crippen molar-refractivity contribution in [3.05, 3.63) is 35.5 Å². The van der Waals surface area contributed by atoms with Crippen molar-refractivity contribution >= 4 is 17.9 Å². The molecule has 0 amide bonds. The van der Waals surface area contributed by atoms with Gasteiger partial charge in [-0.25, -0.2) is 0 Å². The van der Waals surface area contributed by atoms with E-state index in [0.29, 0.717) is 0 Å². The molecule has 0 spiro atoms. The summed E-state index contributed by atoms with van der Waals surface area (Å²) in [6, 6.07) is 0. The summed E-state index contributed by atoms with van der Waals surface area (Å²) >= 11 is 0. The van der Waals surface area contributed by atoms with Crippen LogP contribution in [0.25, 0.3) is 0 Å². The number of cyclic esters (lactones) is 3. The van der Waals surface area contributed by atoms with E-state index in [9.17, 15) is 14.4 Å². The summed E-state index contributed by atoms with van der Waals surface area (Å²) in [6.45, 7) is 13.7. The molecule has 0 saturated carbocycles. The molecule has 6 nitrogen and oxygen atoms in total. The first-order valence-electron chi connectivity index (χ1n) is 49.1. The molecule has 0 radical (unpaired) electrons. The Kier molecular flexibility index (Phi) is 80.1. The van der Waals surface area contributed by atoms with Crippen molar-refractivity contribution < 1.29 is 28.6 Å². The molecule has 0 bridgehead atoms. The van der Waals surface area contributed by atoms with Crippen molar-refractivity contribution in [3.8, 4) is 0 Å². The molecule has 3 aliphatic rings. The quantitative estimate of drug-likeness (QED) is 0.0343. The number of unbranched alkanes of at least 4 members (excludes halogenated alkanes) is 73. The van der Waals surface area contributed by atoms with Gasteiger partial charge in [0.2, 0.25) is 0 Å². The van der Waals surface area contributed by atoms with E-state index in [-0.39, 0.29) is 35.7 Å². The van der Waals surface area contributed by atoms with Gasteiger partial charge in [-0.2, -0.15) is 0 Å². The third-order valence-corrected chi connectivity index (χ3v) is 23.8. The van der Waals surface area contributed by atoms with Crippen LogP contribution in [-0.4, -0.2) is 17.9 Å². The van der Waals surface area contributed by atoms with Crippen LogP contribution in [0.3, 0.4) is 0 Å². The maximum atomic E-state index is 11.9. The molecule has 0 aromatic carbocycles. The van der Waals surface area contributed by atoms with Gasteiger partial charge in [0.1, 0.15) is 35.0 Å². The van der Waals surface area contributed by atoms with Crippen molar-refractivity contribution in [1.82, 2.24) is 0 Å². The van der Waals surface area contributed by atoms with Crippen molar-refractivity contribution in [3.63, 3.8) is 0 Å². The number of ether oxygens (including phenoxy) is 3. The summed E-state index contributed by atoms with van der Waals surface area (Å²) in [5, 5.41) is 0. The van der Waals surface area contributed by atoms with E-state index in [4.69, 9.17) is 14.2 Å². The molecule has 3 fully saturated rings. The van der Waals surface area contributed by atoms with E-state index in [2.05, 4.69) is 59.8 Å². The highest BCUT2D eigenvalue weighted by molar-refractivity contribution is 5.83. The Bertz CT molecular complexity index is 1930. The normalized spacial score (nSPS) is 16.5. The Morgan fingerprint density at radius 3 is 0.406 bits per heavy atom. The highest BCUT2D eigenvalue weighted by atomic mass is 16.6. The molecular weight excluding hydrogens is 1300 g/mol. The van der Waals surface area contributed by atoms with Crippen molar-refractivity contribution in [2.24, 2.45) is 17.8 Å². The Balaban J connectivity index is 0.000000795. The zero-order chi connectivity index (χ0) is 76.4. The summed E-state index contributed by atoms with van der Waals surface area (Å²) in [7, 11) is 0. The Morgan fingerprint density at radius 2 is 0.283 bits per heavy atom. The van der Waals surface area contributed by atoms with Gasteiger partial charge in [-0.15, -0.1) is 0 Å². The smallest absolute Gasteiger partial charge is 0.321 e. The Hall–Kier alpha value is -2.37. The summed E-state index contributed by atoms with van der Waals surface area (Å²) in [4.78, 5) is 35.6. The maximum absolute atomic E-state index is 11.9. The minimum atomic E-state index is 0.0176. The van der Waals surface area contributed by atoms with Crippen molar-refractivity contribution in [1.29, 1.82) is 0 Å². The second kappa shape index (κ2) is 83.6.